The van der Waals surface area contributed by atoms with E-state index in [2.05, 4.69) is 15.9 Å². The molecule has 0 aromatic heterocycles. The largest absolute Gasteiger partial charge is 0.496 e. The van der Waals surface area contributed by atoms with Crippen LogP contribution in [0.25, 0.3) is 0 Å². The van der Waals surface area contributed by atoms with Crippen LogP contribution < -0.4 is 10.5 Å². The summed E-state index contributed by atoms with van der Waals surface area (Å²) in [6.07, 6.45) is 0.430. The molecule has 0 saturated heterocycles. The summed E-state index contributed by atoms with van der Waals surface area (Å²) >= 11 is 3.41. The highest BCUT2D eigenvalue weighted by Crippen LogP contribution is 2.29. The van der Waals surface area contributed by atoms with Crippen molar-refractivity contribution in [3.05, 3.63) is 63.9 Å². The van der Waals surface area contributed by atoms with Crippen molar-refractivity contribution < 1.29 is 9.13 Å². The van der Waals surface area contributed by atoms with Gasteiger partial charge in [0.2, 0.25) is 0 Å². The van der Waals surface area contributed by atoms with Gasteiger partial charge in [-0.25, -0.2) is 4.39 Å². The molecule has 0 spiro atoms. The third-order valence-corrected chi connectivity index (χ3v) is 3.48. The second kappa shape index (κ2) is 6.17. The molecule has 100 valence electrons. The first-order chi connectivity index (χ1) is 9.11. The van der Waals surface area contributed by atoms with Gasteiger partial charge in [-0.05, 0) is 36.2 Å². The Balaban J connectivity index is 2.27. The van der Waals surface area contributed by atoms with E-state index < -0.39 is 0 Å². The minimum atomic E-state index is -0.315. The number of hydrogen-bond acceptors (Lipinski definition) is 2. The predicted molar refractivity (Wildman–Crippen MR) is 77.7 cm³/mol. The fourth-order valence-electron chi connectivity index (χ4n) is 2.01. The normalized spacial score (nSPS) is 12.2. The molecule has 4 heteroatoms. The number of benzene rings is 2. The number of halogens is 2. The molecule has 0 saturated carbocycles. The van der Waals surface area contributed by atoms with Crippen molar-refractivity contribution in [3.63, 3.8) is 0 Å². The molecule has 2 nitrogen and oxygen atoms in total. The first-order valence-electron chi connectivity index (χ1n) is 5.94. The van der Waals surface area contributed by atoms with E-state index in [1.54, 1.807) is 19.2 Å². The van der Waals surface area contributed by atoms with Crippen LogP contribution in [0.4, 0.5) is 4.39 Å². The Morgan fingerprint density at radius 1 is 1.26 bits per heavy atom. The zero-order valence-corrected chi connectivity index (χ0v) is 12.2. The number of nitrogens with two attached hydrogens (primary N) is 1. The van der Waals surface area contributed by atoms with Gasteiger partial charge in [0.15, 0.2) is 0 Å². The van der Waals surface area contributed by atoms with Crippen LogP contribution in [0.1, 0.15) is 17.2 Å². The maximum atomic E-state index is 13.6. The summed E-state index contributed by atoms with van der Waals surface area (Å²) in [5, 5.41) is 0. The average Bonchev–Trinajstić information content (AvgIpc) is 2.41. The van der Waals surface area contributed by atoms with Gasteiger partial charge in [0.1, 0.15) is 11.6 Å². The van der Waals surface area contributed by atoms with Crippen LogP contribution in [0.5, 0.6) is 5.75 Å². The lowest BCUT2D eigenvalue weighted by molar-refractivity contribution is 0.405. The Labute approximate surface area is 120 Å². The summed E-state index contributed by atoms with van der Waals surface area (Å²) in [6.45, 7) is 0. The SMILES string of the molecule is COc1ccc(Br)cc1C(N)Cc1ccccc1F. The van der Waals surface area contributed by atoms with Crippen molar-refractivity contribution in [1.29, 1.82) is 0 Å². The number of rotatable bonds is 4. The smallest absolute Gasteiger partial charge is 0.126 e. The molecule has 19 heavy (non-hydrogen) atoms. The molecule has 0 radical (unpaired) electrons. The molecule has 0 aliphatic heterocycles. The Hall–Kier alpha value is -1.39. The van der Waals surface area contributed by atoms with Gasteiger partial charge in [0.05, 0.1) is 7.11 Å². The summed E-state index contributed by atoms with van der Waals surface area (Å²) in [6, 6.07) is 12.0. The van der Waals surface area contributed by atoms with E-state index in [4.69, 9.17) is 10.5 Å². The third kappa shape index (κ3) is 3.33. The topological polar surface area (TPSA) is 35.2 Å². The molecule has 1 unspecified atom stereocenters. The lowest BCUT2D eigenvalue weighted by atomic mass is 9.98. The van der Waals surface area contributed by atoms with E-state index in [1.165, 1.54) is 6.07 Å². The highest BCUT2D eigenvalue weighted by atomic mass is 79.9. The van der Waals surface area contributed by atoms with Gasteiger partial charge < -0.3 is 10.5 Å². The molecular weight excluding hydrogens is 309 g/mol. The van der Waals surface area contributed by atoms with E-state index in [0.717, 1.165) is 10.0 Å². The molecule has 0 bridgehead atoms. The summed E-state index contributed by atoms with van der Waals surface area (Å²) in [5.74, 6) is 0.485. The van der Waals surface area contributed by atoms with E-state index in [-0.39, 0.29) is 11.9 Å². The molecular formula is C15H15BrFNO. The fraction of sp³-hybridized carbons (Fsp3) is 0.200. The van der Waals surface area contributed by atoms with E-state index in [0.29, 0.717) is 17.7 Å². The van der Waals surface area contributed by atoms with Gasteiger partial charge in [0, 0.05) is 16.1 Å². The van der Waals surface area contributed by atoms with Gasteiger partial charge in [0.25, 0.3) is 0 Å². The molecule has 1 atom stereocenters. The highest BCUT2D eigenvalue weighted by molar-refractivity contribution is 9.10. The number of methoxy groups -OCH3 is 1. The van der Waals surface area contributed by atoms with E-state index in [9.17, 15) is 4.39 Å². The van der Waals surface area contributed by atoms with Crippen molar-refractivity contribution in [2.24, 2.45) is 5.73 Å². The van der Waals surface area contributed by atoms with Gasteiger partial charge in [-0.15, -0.1) is 0 Å². The quantitative estimate of drug-likeness (QED) is 0.927. The Bertz CT molecular complexity index is 574. The van der Waals surface area contributed by atoms with Crippen molar-refractivity contribution in [3.8, 4) is 5.75 Å². The molecule has 0 aliphatic carbocycles. The monoisotopic (exact) mass is 323 g/mol. The lowest BCUT2D eigenvalue weighted by Crippen LogP contribution is -2.15. The molecule has 0 heterocycles. The lowest BCUT2D eigenvalue weighted by Gasteiger charge is -2.16. The minimum absolute atomic E-state index is 0.230. The van der Waals surface area contributed by atoms with Crippen LogP contribution in [-0.4, -0.2) is 7.11 Å². The van der Waals surface area contributed by atoms with Crippen LogP contribution in [0.15, 0.2) is 46.9 Å². The highest BCUT2D eigenvalue weighted by Gasteiger charge is 2.14. The zero-order valence-electron chi connectivity index (χ0n) is 10.6. The number of ether oxygens (including phenoxy) is 1. The van der Waals surface area contributed by atoms with Crippen molar-refractivity contribution >= 4 is 15.9 Å². The van der Waals surface area contributed by atoms with Gasteiger partial charge >= 0.3 is 0 Å². The van der Waals surface area contributed by atoms with Crippen LogP contribution in [0, 0.1) is 5.82 Å². The zero-order chi connectivity index (χ0) is 13.8. The molecule has 0 fully saturated rings. The second-order valence-electron chi connectivity index (χ2n) is 4.29. The second-order valence-corrected chi connectivity index (χ2v) is 5.20. The molecule has 2 N–H and O–H groups in total. The Morgan fingerprint density at radius 3 is 2.68 bits per heavy atom. The van der Waals surface area contributed by atoms with Crippen LogP contribution in [0.2, 0.25) is 0 Å². The fourth-order valence-corrected chi connectivity index (χ4v) is 2.38. The molecule has 2 aromatic rings. The molecule has 0 amide bonds. The van der Waals surface area contributed by atoms with Crippen LogP contribution >= 0.6 is 15.9 Å². The van der Waals surface area contributed by atoms with Crippen molar-refractivity contribution in [2.45, 2.75) is 12.5 Å². The summed E-state index contributed by atoms with van der Waals surface area (Å²) < 4.78 is 19.8. The predicted octanol–water partition coefficient (Wildman–Crippen LogP) is 3.84. The summed E-state index contributed by atoms with van der Waals surface area (Å²) in [5.41, 5.74) is 7.64. The molecule has 0 aliphatic rings. The maximum Gasteiger partial charge on any atom is 0.126 e. The van der Waals surface area contributed by atoms with Gasteiger partial charge in [-0.2, -0.15) is 0 Å². The van der Waals surface area contributed by atoms with Crippen molar-refractivity contribution in [2.75, 3.05) is 7.11 Å². The van der Waals surface area contributed by atoms with Gasteiger partial charge in [-0.1, -0.05) is 34.1 Å². The third-order valence-electron chi connectivity index (χ3n) is 2.99. The average molecular weight is 324 g/mol. The van der Waals surface area contributed by atoms with Crippen LogP contribution in [-0.2, 0) is 6.42 Å². The van der Waals surface area contributed by atoms with Gasteiger partial charge in [-0.3, -0.25) is 0 Å². The summed E-state index contributed by atoms with van der Waals surface area (Å²) in [7, 11) is 1.60. The van der Waals surface area contributed by atoms with E-state index >= 15 is 0 Å². The molecule has 2 aromatic carbocycles. The molecule has 2 rings (SSSR count). The first kappa shape index (κ1) is 14.0. The van der Waals surface area contributed by atoms with Crippen molar-refractivity contribution in [1.82, 2.24) is 0 Å². The summed E-state index contributed by atoms with van der Waals surface area (Å²) in [4.78, 5) is 0. The first-order valence-corrected chi connectivity index (χ1v) is 6.73. The number of hydrogen-bond donors (Lipinski definition) is 1. The Morgan fingerprint density at radius 2 is 2.00 bits per heavy atom. The standard InChI is InChI=1S/C15H15BrFNO/c1-19-15-7-6-11(16)9-12(15)14(18)8-10-4-2-3-5-13(10)17/h2-7,9,14H,8,18H2,1H3. The minimum Gasteiger partial charge on any atom is -0.496 e. The maximum absolute atomic E-state index is 13.6. The Kier molecular flexibility index (Phi) is 4.56. The van der Waals surface area contributed by atoms with E-state index in [1.807, 2.05) is 24.3 Å². The van der Waals surface area contributed by atoms with Crippen LogP contribution in [0.3, 0.4) is 0 Å².